The fourth-order valence-electron chi connectivity index (χ4n) is 2.14. The van der Waals surface area contributed by atoms with Crippen LogP contribution in [0.3, 0.4) is 0 Å². The molecule has 0 heterocycles. The normalized spacial score (nSPS) is 12.2. The van der Waals surface area contributed by atoms with E-state index in [-0.39, 0.29) is 11.1 Å². The van der Waals surface area contributed by atoms with E-state index in [9.17, 15) is 26.3 Å². The number of aryl methyl sites for hydroxylation is 2. The van der Waals surface area contributed by atoms with Gasteiger partial charge in [0.2, 0.25) is 0 Å². The highest BCUT2D eigenvalue weighted by Crippen LogP contribution is 2.41. The zero-order valence-electron chi connectivity index (χ0n) is 12.5. The van der Waals surface area contributed by atoms with Crippen LogP contribution < -0.4 is 9.47 Å². The SMILES string of the molecule is Cc1ccc(OC(F)(F)F)c(-c2cc(C)ccc2OC(F)(F)F)c1. The molecule has 2 aromatic carbocycles. The highest BCUT2D eigenvalue weighted by Gasteiger charge is 2.34. The quantitative estimate of drug-likeness (QED) is 0.655. The average Bonchev–Trinajstić information content (AvgIpc) is 2.40. The first kappa shape index (κ1) is 18.0. The van der Waals surface area contributed by atoms with E-state index >= 15 is 0 Å². The summed E-state index contributed by atoms with van der Waals surface area (Å²) in [6.45, 7) is 3.20. The number of benzene rings is 2. The van der Waals surface area contributed by atoms with E-state index in [2.05, 4.69) is 9.47 Å². The molecule has 0 aliphatic rings. The van der Waals surface area contributed by atoms with Crippen LogP contribution in [0.2, 0.25) is 0 Å². The van der Waals surface area contributed by atoms with Crippen molar-refractivity contribution in [2.45, 2.75) is 26.6 Å². The van der Waals surface area contributed by atoms with Gasteiger partial charge in [0.1, 0.15) is 11.5 Å². The summed E-state index contributed by atoms with van der Waals surface area (Å²) in [4.78, 5) is 0. The van der Waals surface area contributed by atoms with Crippen molar-refractivity contribution in [2.24, 2.45) is 0 Å². The number of hydrogen-bond acceptors (Lipinski definition) is 2. The van der Waals surface area contributed by atoms with Gasteiger partial charge in [-0.15, -0.1) is 26.3 Å². The van der Waals surface area contributed by atoms with Gasteiger partial charge < -0.3 is 9.47 Å². The molecule has 0 spiro atoms. The van der Waals surface area contributed by atoms with Gasteiger partial charge in [-0.05, 0) is 38.1 Å². The summed E-state index contributed by atoms with van der Waals surface area (Å²) in [5.74, 6) is -1.21. The van der Waals surface area contributed by atoms with Gasteiger partial charge in [-0.1, -0.05) is 23.3 Å². The van der Waals surface area contributed by atoms with E-state index in [0.29, 0.717) is 11.1 Å². The summed E-state index contributed by atoms with van der Waals surface area (Å²) in [6.07, 6.45) is -9.95. The van der Waals surface area contributed by atoms with Crippen molar-refractivity contribution in [1.29, 1.82) is 0 Å². The largest absolute Gasteiger partial charge is 0.573 e. The molecular formula is C16H12F6O2. The molecule has 0 saturated heterocycles. The minimum Gasteiger partial charge on any atom is -0.405 e. The van der Waals surface area contributed by atoms with Crippen LogP contribution in [0, 0.1) is 13.8 Å². The predicted octanol–water partition coefficient (Wildman–Crippen LogP) is 5.77. The van der Waals surface area contributed by atoms with Crippen LogP contribution in [0.25, 0.3) is 11.1 Å². The maximum atomic E-state index is 12.6. The van der Waals surface area contributed by atoms with E-state index in [0.717, 1.165) is 12.1 Å². The van der Waals surface area contributed by atoms with Gasteiger partial charge in [-0.25, -0.2) is 0 Å². The van der Waals surface area contributed by atoms with Crippen LogP contribution in [-0.2, 0) is 0 Å². The minimum absolute atomic E-state index is 0.143. The summed E-state index contributed by atoms with van der Waals surface area (Å²) in [5.41, 5.74) is 0.823. The van der Waals surface area contributed by atoms with Crippen LogP contribution >= 0.6 is 0 Å². The van der Waals surface area contributed by atoms with E-state index in [4.69, 9.17) is 0 Å². The molecule has 0 saturated carbocycles. The summed E-state index contributed by atoms with van der Waals surface area (Å²) >= 11 is 0. The van der Waals surface area contributed by atoms with E-state index in [1.165, 1.54) is 24.3 Å². The Kier molecular flexibility index (Phi) is 4.68. The fraction of sp³-hybridized carbons (Fsp3) is 0.250. The summed E-state index contributed by atoms with van der Waals surface area (Å²) in [6, 6.07) is 7.45. The van der Waals surface area contributed by atoms with E-state index in [1.807, 2.05) is 0 Å². The van der Waals surface area contributed by atoms with Gasteiger partial charge in [0, 0.05) is 11.1 Å². The molecule has 0 aliphatic carbocycles. The smallest absolute Gasteiger partial charge is 0.405 e. The molecule has 0 aliphatic heterocycles. The molecule has 2 rings (SSSR count). The molecule has 130 valence electrons. The van der Waals surface area contributed by atoms with Crippen LogP contribution in [0.4, 0.5) is 26.3 Å². The Labute approximate surface area is 133 Å². The molecule has 0 radical (unpaired) electrons. The molecule has 0 aromatic heterocycles. The maximum Gasteiger partial charge on any atom is 0.573 e. The number of halogens is 6. The lowest BCUT2D eigenvalue weighted by molar-refractivity contribution is -0.276. The van der Waals surface area contributed by atoms with Crippen molar-refractivity contribution < 1.29 is 35.8 Å². The molecule has 2 aromatic rings. The van der Waals surface area contributed by atoms with Crippen LogP contribution in [0.5, 0.6) is 11.5 Å². The topological polar surface area (TPSA) is 18.5 Å². The Morgan fingerprint density at radius 3 is 1.25 bits per heavy atom. The standard InChI is InChI=1S/C16H12F6O2/c1-9-3-5-13(23-15(17,18)19)11(7-9)12-8-10(2)4-6-14(12)24-16(20,21)22/h3-8H,1-2H3. The molecular weight excluding hydrogens is 338 g/mol. The third-order valence-electron chi connectivity index (χ3n) is 3.01. The van der Waals surface area contributed by atoms with Crippen LogP contribution in [0.15, 0.2) is 36.4 Å². The first-order valence-electron chi connectivity index (χ1n) is 6.68. The molecule has 0 fully saturated rings. The maximum absolute atomic E-state index is 12.6. The Bertz CT molecular complexity index is 671. The first-order valence-corrected chi connectivity index (χ1v) is 6.68. The third kappa shape index (κ3) is 4.81. The summed E-state index contributed by atoms with van der Waals surface area (Å²) in [7, 11) is 0. The van der Waals surface area contributed by atoms with Crippen molar-refractivity contribution in [3.05, 3.63) is 47.5 Å². The van der Waals surface area contributed by atoms with E-state index in [1.54, 1.807) is 13.8 Å². The molecule has 0 amide bonds. The van der Waals surface area contributed by atoms with Gasteiger partial charge in [-0.2, -0.15) is 0 Å². The average molecular weight is 350 g/mol. The Balaban J connectivity index is 2.62. The van der Waals surface area contributed by atoms with Gasteiger partial charge in [0.15, 0.2) is 0 Å². The highest BCUT2D eigenvalue weighted by atomic mass is 19.4. The highest BCUT2D eigenvalue weighted by molar-refractivity contribution is 5.77. The lowest BCUT2D eigenvalue weighted by Crippen LogP contribution is -2.19. The van der Waals surface area contributed by atoms with Crippen molar-refractivity contribution in [2.75, 3.05) is 0 Å². The Hall–Kier alpha value is -2.38. The third-order valence-corrected chi connectivity index (χ3v) is 3.01. The zero-order chi connectivity index (χ0) is 18.1. The number of rotatable bonds is 3. The van der Waals surface area contributed by atoms with Crippen molar-refractivity contribution >= 4 is 0 Å². The molecule has 0 bridgehead atoms. The van der Waals surface area contributed by atoms with Crippen molar-refractivity contribution in [3.8, 4) is 22.6 Å². The number of hydrogen-bond donors (Lipinski definition) is 0. The van der Waals surface area contributed by atoms with Crippen LogP contribution in [-0.4, -0.2) is 12.7 Å². The number of ether oxygens (including phenoxy) is 2. The lowest BCUT2D eigenvalue weighted by atomic mass is 9.99. The molecule has 8 heteroatoms. The molecule has 0 N–H and O–H groups in total. The van der Waals surface area contributed by atoms with Crippen molar-refractivity contribution in [1.82, 2.24) is 0 Å². The van der Waals surface area contributed by atoms with Gasteiger partial charge >= 0.3 is 12.7 Å². The minimum atomic E-state index is -4.97. The second-order valence-electron chi connectivity index (χ2n) is 5.09. The summed E-state index contributed by atoms with van der Waals surface area (Å²) in [5, 5.41) is 0. The predicted molar refractivity (Wildman–Crippen MR) is 74.7 cm³/mol. The van der Waals surface area contributed by atoms with Crippen LogP contribution in [0.1, 0.15) is 11.1 Å². The van der Waals surface area contributed by atoms with E-state index < -0.39 is 24.2 Å². The second kappa shape index (κ2) is 6.26. The van der Waals surface area contributed by atoms with Gasteiger partial charge in [0.05, 0.1) is 0 Å². The molecule has 0 unspecified atom stereocenters. The first-order chi connectivity index (χ1) is 10.9. The summed E-state index contributed by atoms with van der Waals surface area (Å²) < 4.78 is 83.2. The lowest BCUT2D eigenvalue weighted by Gasteiger charge is -2.18. The van der Waals surface area contributed by atoms with Crippen molar-refractivity contribution in [3.63, 3.8) is 0 Å². The molecule has 24 heavy (non-hydrogen) atoms. The monoisotopic (exact) mass is 350 g/mol. The van der Waals surface area contributed by atoms with Gasteiger partial charge in [0.25, 0.3) is 0 Å². The Morgan fingerprint density at radius 2 is 0.958 bits per heavy atom. The molecule has 0 atom stereocenters. The second-order valence-corrected chi connectivity index (χ2v) is 5.09. The fourth-order valence-corrected chi connectivity index (χ4v) is 2.14. The molecule has 2 nitrogen and oxygen atoms in total. The number of alkyl halides is 6. The zero-order valence-corrected chi connectivity index (χ0v) is 12.5. The van der Waals surface area contributed by atoms with Gasteiger partial charge in [-0.3, -0.25) is 0 Å². The Morgan fingerprint density at radius 1 is 0.625 bits per heavy atom.